The average molecular weight is 242 g/mol. The molecule has 18 heavy (non-hydrogen) atoms. The first-order valence-corrected chi connectivity index (χ1v) is 5.68. The number of fused-ring (bicyclic) bond motifs is 1. The van der Waals surface area contributed by atoms with Crippen molar-refractivity contribution in [1.82, 2.24) is 0 Å². The molecular formula is C14H14N2O2. The van der Waals surface area contributed by atoms with Crippen molar-refractivity contribution in [3.63, 3.8) is 0 Å². The first-order chi connectivity index (χ1) is 8.59. The molecule has 0 aromatic heterocycles. The zero-order valence-electron chi connectivity index (χ0n) is 9.85. The third-order valence-electron chi connectivity index (χ3n) is 2.90. The van der Waals surface area contributed by atoms with Gasteiger partial charge in [0.25, 0.3) is 0 Å². The molecule has 0 aliphatic carbocycles. The van der Waals surface area contributed by atoms with Crippen molar-refractivity contribution in [2.45, 2.75) is 12.8 Å². The van der Waals surface area contributed by atoms with Gasteiger partial charge < -0.3 is 11.5 Å². The molecule has 0 aliphatic rings. The molecule has 2 rings (SSSR count). The Bertz CT molecular complexity index is 620. The Balaban J connectivity index is 2.55. The summed E-state index contributed by atoms with van der Waals surface area (Å²) in [6.07, 6.45) is 0.636. The van der Waals surface area contributed by atoms with E-state index in [2.05, 4.69) is 0 Å². The number of benzene rings is 2. The molecule has 2 amide bonds. The van der Waals surface area contributed by atoms with Crippen LogP contribution in [0.3, 0.4) is 0 Å². The normalized spacial score (nSPS) is 10.4. The van der Waals surface area contributed by atoms with Crippen LogP contribution in [0.4, 0.5) is 0 Å². The number of carbonyl (C=O) groups is 2. The minimum absolute atomic E-state index is 0.207. The van der Waals surface area contributed by atoms with Crippen LogP contribution in [0.2, 0.25) is 0 Å². The van der Waals surface area contributed by atoms with E-state index in [9.17, 15) is 9.59 Å². The Hall–Kier alpha value is -2.36. The number of carbonyl (C=O) groups excluding carboxylic acids is 2. The Morgan fingerprint density at radius 3 is 2.39 bits per heavy atom. The maximum atomic E-state index is 11.6. The largest absolute Gasteiger partial charge is 0.370 e. The standard InChI is InChI=1S/C14H14N2O2/c15-12(17)8-7-10-6-5-9-3-1-2-4-11(9)13(10)14(16)18/h1-6H,7-8H2,(H2,15,17)(H2,16,18). The van der Waals surface area contributed by atoms with Crippen LogP contribution in [0, 0.1) is 0 Å². The van der Waals surface area contributed by atoms with Gasteiger partial charge in [0, 0.05) is 6.42 Å². The Morgan fingerprint density at radius 1 is 1.00 bits per heavy atom. The molecule has 0 spiro atoms. The quantitative estimate of drug-likeness (QED) is 0.848. The van der Waals surface area contributed by atoms with Crippen molar-refractivity contribution in [1.29, 1.82) is 0 Å². The van der Waals surface area contributed by atoms with Crippen LogP contribution in [0.25, 0.3) is 10.8 Å². The lowest BCUT2D eigenvalue weighted by Crippen LogP contribution is -2.16. The third-order valence-corrected chi connectivity index (χ3v) is 2.90. The van der Waals surface area contributed by atoms with Gasteiger partial charge >= 0.3 is 0 Å². The molecule has 0 aliphatic heterocycles. The van der Waals surface area contributed by atoms with Crippen LogP contribution in [-0.4, -0.2) is 11.8 Å². The molecule has 2 aromatic carbocycles. The van der Waals surface area contributed by atoms with Gasteiger partial charge in [-0.1, -0.05) is 36.4 Å². The van der Waals surface area contributed by atoms with Gasteiger partial charge in [-0.3, -0.25) is 9.59 Å². The van der Waals surface area contributed by atoms with Gasteiger partial charge in [-0.2, -0.15) is 0 Å². The van der Waals surface area contributed by atoms with Crippen molar-refractivity contribution in [2.75, 3.05) is 0 Å². The molecule has 0 radical (unpaired) electrons. The first-order valence-electron chi connectivity index (χ1n) is 5.68. The molecule has 0 atom stereocenters. The maximum absolute atomic E-state index is 11.6. The van der Waals surface area contributed by atoms with E-state index in [1.807, 2.05) is 36.4 Å². The lowest BCUT2D eigenvalue weighted by Gasteiger charge is -2.09. The molecule has 0 fully saturated rings. The number of nitrogens with two attached hydrogens (primary N) is 2. The molecule has 0 bridgehead atoms. The van der Waals surface area contributed by atoms with Crippen molar-refractivity contribution >= 4 is 22.6 Å². The monoisotopic (exact) mass is 242 g/mol. The first kappa shape index (κ1) is 12.1. The van der Waals surface area contributed by atoms with Gasteiger partial charge in [-0.25, -0.2) is 0 Å². The second kappa shape index (κ2) is 4.87. The van der Waals surface area contributed by atoms with Crippen molar-refractivity contribution in [3.8, 4) is 0 Å². The van der Waals surface area contributed by atoms with E-state index in [1.54, 1.807) is 0 Å². The zero-order chi connectivity index (χ0) is 13.1. The van der Waals surface area contributed by atoms with Gasteiger partial charge in [-0.15, -0.1) is 0 Å². The molecule has 0 saturated carbocycles. The predicted octanol–water partition coefficient (Wildman–Crippen LogP) is 1.36. The highest BCUT2D eigenvalue weighted by Crippen LogP contribution is 2.23. The highest BCUT2D eigenvalue weighted by atomic mass is 16.1. The molecule has 4 nitrogen and oxygen atoms in total. The van der Waals surface area contributed by atoms with Crippen LogP contribution in [0.5, 0.6) is 0 Å². The Labute approximate surface area is 105 Å². The third kappa shape index (κ3) is 2.32. The van der Waals surface area contributed by atoms with E-state index in [0.717, 1.165) is 16.3 Å². The zero-order valence-corrected chi connectivity index (χ0v) is 9.85. The number of hydrogen-bond acceptors (Lipinski definition) is 2. The van der Waals surface area contributed by atoms with Crippen molar-refractivity contribution in [2.24, 2.45) is 11.5 Å². The van der Waals surface area contributed by atoms with Gasteiger partial charge in [0.15, 0.2) is 0 Å². The van der Waals surface area contributed by atoms with E-state index < -0.39 is 11.8 Å². The summed E-state index contributed by atoms with van der Waals surface area (Å²) in [4.78, 5) is 22.4. The second-order valence-electron chi connectivity index (χ2n) is 4.15. The van der Waals surface area contributed by atoms with E-state index in [1.165, 1.54) is 0 Å². The highest BCUT2D eigenvalue weighted by molar-refractivity contribution is 6.07. The van der Waals surface area contributed by atoms with Gasteiger partial charge in [-0.05, 0) is 22.8 Å². The number of amides is 2. The smallest absolute Gasteiger partial charge is 0.249 e. The van der Waals surface area contributed by atoms with E-state index in [4.69, 9.17) is 11.5 Å². The summed E-state index contributed by atoms with van der Waals surface area (Å²) in [5, 5.41) is 1.76. The molecule has 4 heteroatoms. The summed E-state index contributed by atoms with van der Waals surface area (Å²) in [6.45, 7) is 0. The fourth-order valence-electron chi connectivity index (χ4n) is 2.07. The lowest BCUT2D eigenvalue weighted by atomic mass is 9.95. The topological polar surface area (TPSA) is 86.2 Å². The second-order valence-corrected chi connectivity index (χ2v) is 4.15. The predicted molar refractivity (Wildman–Crippen MR) is 70.0 cm³/mol. The van der Waals surface area contributed by atoms with Crippen molar-refractivity contribution in [3.05, 3.63) is 47.5 Å². The summed E-state index contributed by atoms with van der Waals surface area (Å²) < 4.78 is 0. The number of rotatable bonds is 4. The number of aryl methyl sites for hydroxylation is 1. The molecule has 92 valence electrons. The lowest BCUT2D eigenvalue weighted by molar-refractivity contribution is -0.117. The minimum Gasteiger partial charge on any atom is -0.370 e. The van der Waals surface area contributed by atoms with Gasteiger partial charge in [0.05, 0.1) is 5.56 Å². The summed E-state index contributed by atoms with van der Waals surface area (Å²) in [5.41, 5.74) is 11.8. The van der Waals surface area contributed by atoms with Crippen LogP contribution >= 0.6 is 0 Å². The molecule has 4 N–H and O–H groups in total. The summed E-state index contributed by atoms with van der Waals surface area (Å²) in [6, 6.07) is 11.3. The Morgan fingerprint density at radius 2 is 1.72 bits per heavy atom. The molecule has 2 aromatic rings. The van der Waals surface area contributed by atoms with Crippen LogP contribution in [-0.2, 0) is 11.2 Å². The van der Waals surface area contributed by atoms with E-state index >= 15 is 0 Å². The molecule has 0 unspecified atom stereocenters. The molecule has 0 heterocycles. The van der Waals surface area contributed by atoms with Crippen LogP contribution < -0.4 is 11.5 Å². The van der Waals surface area contributed by atoms with E-state index in [-0.39, 0.29) is 6.42 Å². The molecule has 0 saturated heterocycles. The number of hydrogen-bond donors (Lipinski definition) is 2. The summed E-state index contributed by atoms with van der Waals surface area (Å²) >= 11 is 0. The minimum atomic E-state index is -0.480. The SMILES string of the molecule is NC(=O)CCc1ccc2ccccc2c1C(N)=O. The van der Waals surface area contributed by atoms with Crippen LogP contribution in [0.15, 0.2) is 36.4 Å². The van der Waals surface area contributed by atoms with E-state index in [0.29, 0.717) is 12.0 Å². The maximum Gasteiger partial charge on any atom is 0.249 e. The van der Waals surface area contributed by atoms with Crippen molar-refractivity contribution < 1.29 is 9.59 Å². The van der Waals surface area contributed by atoms with Gasteiger partial charge in [0.1, 0.15) is 0 Å². The fourth-order valence-corrected chi connectivity index (χ4v) is 2.07. The van der Waals surface area contributed by atoms with Crippen LogP contribution in [0.1, 0.15) is 22.3 Å². The summed E-state index contributed by atoms with van der Waals surface area (Å²) in [7, 11) is 0. The Kier molecular flexibility index (Phi) is 3.28. The molecular weight excluding hydrogens is 228 g/mol. The van der Waals surface area contributed by atoms with Gasteiger partial charge in [0.2, 0.25) is 11.8 Å². The number of primary amides is 2. The highest BCUT2D eigenvalue weighted by Gasteiger charge is 2.12. The fraction of sp³-hybridized carbons (Fsp3) is 0.143. The average Bonchev–Trinajstić information content (AvgIpc) is 2.35. The summed E-state index contributed by atoms with van der Waals surface area (Å²) in [5.74, 6) is -0.871.